The van der Waals surface area contributed by atoms with Crippen LogP contribution in [0.15, 0.2) is 53.1 Å². The van der Waals surface area contributed by atoms with Crippen LogP contribution in [0.4, 0.5) is 10.1 Å². The van der Waals surface area contributed by atoms with Gasteiger partial charge >= 0.3 is 0 Å². The molecule has 110 valence electrons. The Bertz CT molecular complexity index is 871. The molecule has 0 bridgehead atoms. The van der Waals surface area contributed by atoms with Gasteiger partial charge in [0.15, 0.2) is 0 Å². The van der Waals surface area contributed by atoms with Gasteiger partial charge in [-0.25, -0.2) is 4.39 Å². The lowest BCUT2D eigenvalue weighted by Crippen LogP contribution is -2.22. The monoisotopic (exact) mass is 360 g/mol. The van der Waals surface area contributed by atoms with E-state index in [0.29, 0.717) is 11.1 Å². The van der Waals surface area contributed by atoms with Gasteiger partial charge in [-0.3, -0.25) is 9.59 Å². The van der Waals surface area contributed by atoms with Crippen LogP contribution in [0.5, 0.6) is 0 Å². The molecule has 1 amide bonds. The lowest BCUT2D eigenvalue weighted by atomic mass is 10.1. The topological polar surface area (TPSA) is 62.0 Å². The minimum absolute atomic E-state index is 0.288. The Morgan fingerprint density at radius 2 is 1.82 bits per heavy atom. The summed E-state index contributed by atoms with van der Waals surface area (Å²) in [7, 11) is 0. The number of fused-ring (bicyclic) bond motifs is 1. The molecule has 6 heteroatoms. The van der Waals surface area contributed by atoms with Gasteiger partial charge in [-0.15, -0.1) is 0 Å². The summed E-state index contributed by atoms with van der Waals surface area (Å²) in [6.07, 6.45) is 1.50. The van der Waals surface area contributed by atoms with Crippen LogP contribution >= 0.6 is 15.9 Å². The van der Waals surface area contributed by atoms with Gasteiger partial charge in [0.05, 0.1) is 5.56 Å². The Labute approximate surface area is 133 Å². The van der Waals surface area contributed by atoms with Crippen LogP contribution in [0.25, 0.3) is 10.9 Å². The average molecular weight is 361 g/mol. The van der Waals surface area contributed by atoms with Crippen molar-refractivity contribution in [2.75, 3.05) is 5.32 Å². The molecule has 0 atom stereocenters. The molecule has 0 saturated carbocycles. The lowest BCUT2D eigenvalue weighted by Gasteiger charge is -2.04. The number of halogens is 2. The fourth-order valence-electron chi connectivity index (χ4n) is 2.12. The second-order valence-electron chi connectivity index (χ2n) is 4.68. The zero-order chi connectivity index (χ0) is 15.7. The number of Topliss-reactive ketones (excluding diaryl/α,β-unsaturated/α-hetero) is 1. The molecule has 0 spiro atoms. The van der Waals surface area contributed by atoms with E-state index in [0.717, 1.165) is 9.99 Å². The first-order chi connectivity index (χ1) is 10.5. The Kier molecular flexibility index (Phi) is 3.77. The van der Waals surface area contributed by atoms with E-state index in [9.17, 15) is 14.0 Å². The first-order valence-corrected chi connectivity index (χ1v) is 7.22. The summed E-state index contributed by atoms with van der Waals surface area (Å²) in [6, 6.07) is 10.6. The standard InChI is InChI=1S/C16H10BrFN2O2/c17-9-1-6-14-12(7-9)13(8-19-14)15(21)16(22)20-11-4-2-10(18)3-5-11/h1-8,19H,(H,20,22). The van der Waals surface area contributed by atoms with E-state index in [2.05, 4.69) is 26.2 Å². The van der Waals surface area contributed by atoms with Crippen LogP contribution in [0.1, 0.15) is 10.4 Å². The Balaban J connectivity index is 1.87. The van der Waals surface area contributed by atoms with Crippen molar-refractivity contribution >= 4 is 44.2 Å². The molecule has 1 heterocycles. The van der Waals surface area contributed by atoms with Gasteiger partial charge in [0.2, 0.25) is 0 Å². The minimum atomic E-state index is -0.771. The molecule has 0 aliphatic carbocycles. The fraction of sp³-hybridized carbons (Fsp3) is 0. The Hall–Kier alpha value is -2.47. The highest BCUT2D eigenvalue weighted by Crippen LogP contribution is 2.23. The maximum Gasteiger partial charge on any atom is 0.296 e. The largest absolute Gasteiger partial charge is 0.360 e. The molecule has 3 rings (SSSR count). The molecule has 0 unspecified atom stereocenters. The van der Waals surface area contributed by atoms with Gasteiger partial charge in [-0.05, 0) is 42.5 Å². The van der Waals surface area contributed by atoms with Crippen LogP contribution in [0.2, 0.25) is 0 Å². The van der Waals surface area contributed by atoms with E-state index in [1.165, 1.54) is 30.5 Å². The number of nitrogens with one attached hydrogen (secondary N) is 2. The van der Waals surface area contributed by atoms with E-state index in [1.807, 2.05) is 12.1 Å². The van der Waals surface area contributed by atoms with E-state index in [1.54, 1.807) is 6.07 Å². The summed E-state index contributed by atoms with van der Waals surface area (Å²) in [6.45, 7) is 0. The van der Waals surface area contributed by atoms with Crippen LogP contribution in [0, 0.1) is 5.82 Å². The number of rotatable bonds is 3. The van der Waals surface area contributed by atoms with Crippen molar-refractivity contribution in [1.82, 2.24) is 4.98 Å². The van der Waals surface area contributed by atoms with Crippen molar-refractivity contribution < 1.29 is 14.0 Å². The molecule has 22 heavy (non-hydrogen) atoms. The number of hydrogen-bond donors (Lipinski definition) is 2. The quantitative estimate of drug-likeness (QED) is 0.549. The highest BCUT2D eigenvalue weighted by Gasteiger charge is 2.20. The second kappa shape index (κ2) is 5.73. The van der Waals surface area contributed by atoms with E-state index in [4.69, 9.17) is 0 Å². The molecule has 1 aromatic heterocycles. The van der Waals surface area contributed by atoms with Crippen LogP contribution in [-0.4, -0.2) is 16.7 Å². The predicted molar refractivity (Wildman–Crippen MR) is 85.4 cm³/mol. The van der Waals surface area contributed by atoms with E-state index in [-0.39, 0.29) is 5.56 Å². The third-order valence-corrected chi connectivity index (χ3v) is 3.69. The molecule has 0 fully saturated rings. The predicted octanol–water partition coefficient (Wildman–Crippen LogP) is 3.89. The molecular formula is C16H10BrFN2O2. The molecule has 4 nitrogen and oxygen atoms in total. The molecular weight excluding hydrogens is 351 g/mol. The second-order valence-corrected chi connectivity index (χ2v) is 5.60. The number of ketones is 1. The molecule has 0 aliphatic rings. The molecule has 2 aromatic carbocycles. The normalized spacial score (nSPS) is 10.6. The zero-order valence-corrected chi connectivity index (χ0v) is 12.8. The summed E-state index contributed by atoms with van der Waals surface area (Å²) in [4.78, 5) is 27.3. The first-order valence-electron chi connectivity index (χ1n) is 6.42. The molecule has 0 aliphatic heterocycles. The fourth-order valence-corrected chi connectivity index (χ4v) is 2.49. The van der Waals surface area contributed by atoms with Gasteiger partial charge in [0.25, 0.3) is 11.7 Å². The van der Waals surface area contributed by atoms with Crippen molar-refractivity contribution in [3.63, 3.8) is 0 Å². The average Bonchev–Trinajstić information content (AvgIpc) is 2.91. The number of carbonyl (C=O) groups excluding carboxylic acids is 2. The Morgan fingerprint density at radius 3 is 2.55 bits per heavy atom. The smallest absolute Gasteiger partial charge is 0.296 e. The first kappa shape index (κ1) is 14.5. The molecule has 2 N–H and O–H groups in total. The third-order valence-electron chi connectivity index (χ3n) is 3.20. The summed E-state index contributed by atoms with van der Waals surface area (Å²) < 4.78 is 13.6. The van der Waals surface area contributed by atoms with Crippen molar-refractivity contribution in [3.05, 3.63) is 64.5 Å². The molecule has 0 saturated heterocycles. The van der Waals surface area contributed by atoms with Gasteiger partial charge < -0.3 is 10.3 Å². The van der Waals surface area contributed by atoms with Gasteiger partial charge in [-0.2, -0.15) is 0 Å². The number of H-pyrrole nitrogens is 1. The molecule has 0 radical (unpaired) electrons. The number of aromatic nitrogens is 1. The molecule has 3 aromatic rings. The number of carbonyl (C=O) groups is 2. The lowest BCUT2D eigenvalue weighted by molar-refractivity contribution is -0.112. The summed E-state index contributed by atoms with van der Waals surface area (Å²) in [5, 5.41) is 3.12. The van der Waals surface area contributed by atoms with E-state index < -0.39 is 17.5 Å². The minimum Gasteiger partial charge on any atom is -0.360 e. The van der Waals surface area contributed by atoms with Crippen molar-refractivity contribution in [1.29, 1.82) is 0 Å². The van der Waals surface area contributed by atoms with Gasteiger partial charge in [-0.1, -0.05) is 15.9 Å². The third kappa shape index (κ3) is 2.78. The number of aromatic amines is 1. The van der Waals surface area contributed by atoms with Gasteiger partial charge in [0.1, 0.15) is 5.82 Å². The van der Waals surface area contributed by atoms with E-state index >= 15 is 0 Å². The number of hydrogen-bond acceptors (Lipinski definition) is 2. The SMILES string of the molecule is O=C(Nc1ccc(F)cc1)C(=O)c1c[nH]c2ccc(Br)cc12. The summed E-state index contributed by atoms with van der Waals surface area (Å²) >= 11 is 3.34. The summed E-state index contributed by atoms with van der Waals surface area (Å²) in [5.74, 6) is -1.84. The number of benzene rings is 2. The van der Waals surface area contributed by atoms with Crippen LogP contribution in [-0.2, 0) is 4.79 Å². The number of amides is 1. The maximum atomic E-state index is 12.8. The van der Waals surface area contributed by atoms with Crippen molar-refractivity contribution in [2.24, 2.45) is 0 Å². The Morgan fingerprint density at radius 1 is 1.09 bits per heavy atom. The summed E-state index contributed by atoms with van der Waals surface area (Å²) in [5.41, 5.74) is 1.41. The van der Waals surface area contributed by atoms with Crippen LogP contribution < -0.4 is 5.32 Å². The van der Waals surface area contributed by atoms with Gasteiger partial charge in [0, 0.05) is 27.3 Å². The zero-order valence-electron chi connectivity index (χ0n) is 11.2. The van der Waals surface area contributed by atoms with Crippen LogP contribution in [0.3, 0.4) is 0 Å². The highest BCUT2D eigenvalue weighted by atomic mass is 79.9. The highest BCUT2D eigenvalue weighted by molar-refractivity contribution is 9.10. The number of anilines is 1. The van der Waals surface area contributed by atoms with Crippen molar-refractivity contribution in [3.8, 4) is 0 Å². The maximum absolute atomic E-state index is 12.8. The van der Waals surface area contributed by atoms with Crippen molar-refractivity contribution in [2.45, 2.75) is 0 Å².